The molecule has 0 bridgehead atoms. The van der Waals surface area contributed by atoms with Gasteiger partial charge in [0.1, 0.15) is 5.15 Å². The van der Waals surface area contributed by atoms with Gasteiger partial charge in [-0.2, -0.15) is 0 Å². The molecule has 2 nitrogen and oxygen atoms in total. The smallest absolute Gasteiger partial charge is 0.133 e. The minimum Gasteiger partial charge on any atom is -0.310 e. The topological polar surface area (TPSA) is 24.9 Å². The molecule has 13 heavy (non-hydrogen) atoms. The lowest BCUT2D eigenvalue weighted by Crippen LogP contribution is -2.13. The Bertz CT molecular complexity index is 272. The molecule has 4 heteroatoms. The van der Waals surface area contributed by atoms with Crippen molar-refractivity contribution in [1.82, 2.24) is 10.3 Å². The van der Waals surface area contributed by atoms with E-state index in [4.69, 9.17) is 11.6 Å². The van der Waals surface area contributed by atoms with Crippen LogP contribution in [0, 0.1) is 0 Å². The molecule has 2 heterocycles. The number of hydrogen-bond donors (Lipinski definition) is 1. The monoisotopic (exact) mass is 218 g/mol. The van der Waals surface area contributed by atoms with E-state index in [0.717, 1.165) is 12.1 Å². The zero-order valence-electron chi connectivity index (χ0n) is 7.16. The summed E-state index contributed by atoms with van der Waals surface area (Å²) in [7, 11) is 0. The van der Waals surface area contributed by atoms with Crippen LogP contribution in [-0.4, -0.2) is 11.5 Å². The quantitative estimate of drug-likeness (QED) is 0.734. The molecule has 0 amide bonds. The molecular weight excluding hydrogens is 207 g/mol. The van der Waals surface area contributed by atoms with Gasteiger partial charge in [0.2, 0.25) is 0 Å². The summed E-state index contributed by atoms with van der Waals surface area (Å²) in [4.78, 5) is 4.05. The van der Waals surface area contributed by atoms with Gasteiger partial charge in [-0.3, -0.25) is 0 Å². The van der Waals surface area contributed by atoms with Gasteiger partial charge in [0.25, 0.3) is 0 Å². The van der Waals surface area contributed by atoms with Gasteiger partial charge in [0.15, 0.2) is 0 Å². The first-order valence-corrected chi connectivity index (χ1v) is 4.59. The molecule has 0 aromatic carbocycles. The third kappa shape index (κ3) is 2.33. The van der Waals surface area contributed by atoms with Gasteiger partial charge < -0.3 is 5.32 Å². The highest BCUT2D eigenvalue weighted by molar-refractivity contribution is 6.30. The maximum atomic E-state index is 5.95. The zero-order chi connectivity index (χ0) is 8.39. The largest absolute Gasteiger partial charge is 0.310 e. The van der Waals surface area contributed by atoms with Crippen molar-refractivity contribution >= 4 is 24.0 Å². The van der Waals surface area contributed by atoms with Crippen LogP contribution in [0.5, 0.6) is 0 Å². The van der Waals surface area contributed by atoms with Gasteiger partial charge in [-0.15, -0.1) is 12.4 Å². The first kappa shape index (κ1) is 10.8. The highest BCUT2D eigenvalue weighted by Gasteiger charge is 2.18. The first-order chi connectivity index (χ1) is 5.88. The van der Waals surface area contributed by atoms with E-state index in [2.05, 4.69) is 10.3 Å². The predicted molar refractivity (Wildman–Crippen MR) is 56.5 cm³/mol. The van der Waals surface area contributed by atoms with E-state index in [9.17, 15) is 0 Å². The summed E-state index contributed by atoms with van der Waals surface area (Å²) >= 11 is 5.95. The van der Waals surface area contributed by atoms with Crippen molar-refractivity contribution in [3.63, 3.8) is 0 Å². The summed E-state index contributed by atoms with van der Waals surface area (Å²) in [6.07, 6.45) is 4.13. The Balaban J connectivity index is 0.000000845. The van der Waals surface area contributed by atoms with E-state index >= 15 is 0 Å². The van der Waals surface area contributed by atoms with Crippen molar-refractivity contribution in [2.75, 3.05) is 6.54 Å². The second-order valence-electron chi connectivity index (χ2n) is 3.03. The lowest BCUT2D eigenvalue weighted by molar-refractivity contribution is 0.645. The van der Waals surface area contributed by atoms with Crippen LogP contribution in [0.3, 0.4) is 0 Å². The summed E-state index contributed by atoms with van der Waals surface area (Å²) in [5.41, 5.74) is 1.14. The summed E-state index contributed by atoms with van der Waals surface area (Å²) in [6, 6.07) is 4.39. The van der Waals surface area contributed by atoms with E-state index in [1.165, 1.54) is 12.8 Å². The highest BCUT2D eigenvalue weighted by Crippen LogP contribution is 2.26. The van der Waals surface area contributed by atoms with E-state index < -0.39 is 0 Å². The second kappa shape index (κ2) is 4.80. The number of aromatic nitrogens is 1. The minimum absolute atomic E-state index is 0. The fourth-order valence-corrected chi connectivity index (χ4v) is 1.86. The first-order valence-electron chi connectivity index (χ1n) is 4.22. The molecule has 0 spiro atoms. The third-order valence-electron chi connectivity index (χ3n) is 2.22. The van der Waals surface area contributed by atoms with Gasteiger partial charge in [0, 0.05) is 17.8 Å². The lowest BCUT2D eigenvalue weighted by atomic mass is 10.1. The SMILES string of the molecule is Cl.Clc1ncccc1[C@H]1CCCN1. The minimum atomic E-state index is 0. The molecule has 2 rings (SSSR count). The fourth-order valence-electron chi connectivity index (χ4n) is 1.61. The highest BCUT2D eigenvalue weighted by atomic mass is 35.5. The van der Waals surface area contributed by atoms with E-state index in [1.54, 1.807) is 6.20 Å². The van der Waals surface area contributed by atoms with Crippen molar-refractivity contribution in [3.8, 4) is 0 Å². The number of hydrogen-bond acceptors (Lipinski definition) is 2. The number of nitrogens with one attached hydrogen (secondary N) is 1. The molecule has 1 aromatic rings. The number of pyridine rings is 1. The van der Waals surface area contributed by atoms with Crippen LogP contribution < -0.4 is 5.32 Å². The molecule has 0 aliphatic carbocycles. The molecule has 1 fully saturated rings. The van der Waals surface area contributed by atoms with Gasteiger partial charge in [-0.1, -0.05) is 17.7 Å². The van der Waals surface area contributed by atoms with Crippen molar-refractivity contribution in [1.29, 1.82) is 0 Å². The maximum absolute atomic E-state index is 5.95. The van der Waals surface area contributed by atoms with Gasteiger partial charge in [0.05, 0.1) is 0 Å². The fraction of sp³-hybridized carbons (Fsp3) is 0.444. The van der Waals surface area contributed by atoms with Crippen LogP contribution in [0.25, 0.3) is 0 Å². The van der Waals surface area contributed by atoms with E-state index in [1.807, 2.05) is 12.1 Å². The molecular formula is C9H12Cl2N2. The van der Waals surface area contributed by atoms with Gasteiger partial charge >= 0.3 is 0 Å². The molecule has 1 aromatic heterocycles. The Kier molecular flexibility index (Phi) is 3.97. The summed E-state index contributed by atoms with van der Waals surface area (Å²) in [5.74, 6) is 0. The van der Waals surface area contributed by atoms with Crippen molar-refractivity contribution in [3.05, 3.63) is 29.0 Å². The molecule has 0 radical (unpaired) electrons. The van der Waals surface area contributed by atoms with Crippen molar-refractivity contribution < 1.29 is 0 Å². The molecule has 1 N–H and O–H groups in total. The molecule has 0 saturated carbocycles. The Morgan fingerprint density at radius 1 is 1.54 bits per heavy atom. The number of rotatable bonds is 1. The van der Waals surface area contributed by atoms with Crippen LogP contribution in [0.1, 0.15) is 24.4 Å². The van der Waals surface area contributed by atoms with Crippen LogP contribution in [0.2, 0.25) is 5.15 Å². The molecule has 1 aliphatic heterocycles. The zero-order valence-corrected chi connectivity index (χ0v) is 8.74. The number of nitrogens with zero attached hydrogens (tertiary/aromatic N) is 1. The molecule has 72 valence electrons. The van der Waals surface area contributed by atoms with Crippen LogP contribution in [-0.2, 0) is 0 Å². The van der Waals surface area contributed by atoms with Crippen LogP contribution in [0.15, 0.2) is 18.3 Å². The van der Waals surface area contributed by atoms with Crippen molar-refractivity contribution in [2.45, 2.75) is 18.9 Å². The standard InChI is InChI=1S/C9H11ClN2.ClH/c10-9-7(3-1-6-12-9)8-4-2-5-11-8;/h1,3,6,8,11H,2,4-5H2;1H/t8-;/m1./s1. The molecule has 1 atom stereocenters. The molecule has 1 saturated heterocycles. The normalized spacial score (nSPS) is 21.2. The van der Waals surface area contributed by atoms with Crippen molar-refractivity contribution in [2.24, 2.45) is 0 Å². The predicted octanol–water partition coefficient (Wildman–Crippen LogP) is 2.58. The molecule has 0 unspecified atom stereocenters. The summed E-state index contributed by atoms with van der Waals surface area (Å²) in [5, 5.41) is 4.03. The average Bonchev–Trinajstić information content (AvgIpc) is 2.57. The number of halogens is 2. The Morgan fingerprint density at radius 3 is 3.00 bits per heavy atom. The molecule has 1 aliphatic rings. The van der Waals surface area contributed by atoms with E-state index in [0.29, 0.717) is 11.2 Å². The second-order valence-corrected chi connectivity index (χ2v) is 3.39. The third-order valence-corrected chi connectivity index (χ3v) is 2.54. The Morgan fingerprint density at radius 2 is 2.38 bits per heavy atom. The van der Waals surface area contributed by atoms with Crippen LogP contribution >= 0.6 is 24.0 Å². The summed E-state index contributed by atoms with van der Waals surface area (Å²) < 4.78 is 0. The average molecular weight is 219 g/mol. The summed E-state index contributed by atoms with van der Waals surface area (Å²) in [6.45, 7) is 1.09. The van der Waals surface area contributed by atoms with Gasteiger partial charge in [-0.25, -0.2) is 4.98 Å². The Labute approximate surface area is 89.1 Å². The Hall–Kier alpha value is -0.310. The van der Waals surface area contributed by atoms with Gasteiger partial charge in [-0.05, 0) is 25.5 Å². The van der Waals surface area contributed by atoms with Crippen LogP contribution in [0.4, 0.5) is 0 Å². The van der Waals surface area contributed by atoms with E-state index in [-0.39, 0.29) is 12.4 Å². The maximum Gasteiger partial charge on any atom is 0.133 e. The lowest BCUT2D eigenvalue weighted by Gasteiger charge is -2.10.